The van der Waals surface area contributed by atoms with Gasteiger partial charge in [-0.05, 0) is 0 Å². The molecular formula is C32H24N8O2S2. The summed E-state index contributed by atoms with van der Waals surface area (Å²) in [4.78, 5) is 38.4. The third-order valence-corrected chi connectivity index (χ3v) is 9.61. The van der Waals surface area contributed by atoms with E-state index in [1.807, 2.05) is 72.8 Å². The summed E-state index contributed by atoms with van der Waals surface area (Å²) in [6.45, 7) is -0.00341. The number of nitrogens with zero attached hydrogens (tertiary/aromatic N) is 6. The van der Waals surface area contributed by atoms with Crippen LogP contribution in [-0.2, 0) is 0 Å². The van der Waals surface area contributed by atoms with Crippen LogP contribution in [0.25, 0.3) is 78.9 Å². The maximum atomic E-state index is 9.71. The number of aliphatic hydroxyl groups excluding tert-OH is 2. The van der Waals surface area contributed by atoms with Gasteiger partial charge in [0.15, 0.2) is 23.3 Å². The predicted molar refractivity (Wildman–Crippen MR) is 174 cm³/mol. The minimum absolute atomic E-state index is 0.00170. The van der Waals surface area contributed by atoms with Gasteiger partial charge in [0.05, 0.1) is 23.0 Å². The molecule has 2 aliphatic rings. The average Bonchev–Trinajstić information content (AvgIpc) is 3.78. The Morgan fingerprint density at radius 1 is 0.455 bits per heavy atom. The van der Waals surface area contributed by atoms with Gasteiger partial charge in [0.2, 0.25) is 0 Å². The van der Waals surface area contributed by atoms with E-state index in [0.29, 0.717) is 57.4 Å². The molecule has 6 aromatic rings. The summed E-state index contributed by atoms with van der Waals surface area (Å²) in [6.07, 6.45) is 0. The number of aromatic amines is 2. The van der Waals surface area contributed by atoms with Gasteiger partial charge in [0.1, 0.15) is 22.6 Å². The van der Waals surface area contributed by atoms with Gasteiger partial charge >= 0.3 is 0 Å². The van der Waals surface area contributed by atoms with Gasteiger partial charge < -0.3 is 20.2 Å². The van der Waals surface area contributed by atoms with Crippen molar-refractivity contribution in [2.45, 2.75) is 9.79 Å². The zero-order chi connectivity index (χ0) is 29.6. The fraction of sp³-hybridized carbons (Fsp3) is 0.125. The first-order valence-electron chi connectivity index (χ1n) is 14.0. The zero-order valence-corrected chi connectivity index (χ0v) is 24.8. The minimum atomic E-state index is -0.00170. The molecule has 2 aliphatic heterocycles. The van der Waals surface area contributed by atoms with Crippen molar-refractivity contribution in [1.29, 1.82) is 0 Å². The number of hydrogen-bond donors (Lipinski definition) is 4. The van der Waals surface area contributed by atoms with E-state index in [1.165, 1.54) is 23.5 Å². The summed E-state index contributed by atoms with van der Waals surface area (Å²) < 4.78 is 0. The molecule has 44 heavy (non-hydrogen) atoms. The van der Waals surface area contributed by atoms with Crippen molar-refractivity contribution in [3.63, 3.8) is 0 Å². The smallest absolute Gasteiger partial charge is 0.164 e. The van der Waals surface area contributed by atoms with Crippen LogP contribution in [0.4, 0.5) is 0 Å². The fourth-order valence-corrected chi connectivity index (χ4v) is 7.30. The second kappa shape index (κ2) is 11.1. The first-order valence-corrected chi connectivity index (χ1v) is 16.0. The molecule has 0 atom stereocenters. The second-order valence-electron chi connectivity index (χ2n) is 10.0. The lowest BCUT2D eigenvalue weighted by molar-refractivity contribution is 0.322. The van der Waals surface area contributed by atoms with Crippen LogP contribution < -0.4 is 0 Å². The van der Waals surface area contributed by atoms with E-state index in [4.69, 9.17) is 29.9 Å². The maximum Gasteiger partial charge on any atom is 0.164 e. The van der Waals surface area contributed by atoms with Crippen molar-refractivity contribution in [2.24, 2.45) is 0 Å². The van der Waals surface area contributed by atoms with Crippen LogP contribution >= 0.6 is 23.5 Å². The summed E-state index contributed by atoms with van der Waals surface area (Å²) in [7, 11) is 0. The SMILES string of the molecule is OCCSc1c(SCCO)c2nc3nc(nc4[nH]c(nc5nc(nc1[nH]2)-c1ccccc1-5)c1ccccc41)-c1ccccc1-3. The summed E-state index contributed by atoms with van der Waals surface area (Å²) in [5.74, 6) is 3.04. The Labute approximate surface area is 259 Å². The van der Waals surface area contributed by atoms with Crippen LogP contribution in [0.15, 0.2) is 82.6 Å². The third kappa shape index (κ3) is 4.54. The summed E-state index contributed by atoms with van der Waals surface area (Å²) >= 11 is 2.96. The van der Waals surface area contributed by atoms with E-state index in [0.717, 1.165) is 42.8 Å². The molecular weight excluding hydrogens is 593 g/mol. The van der Waals surface area contributed by atoms with Crippen LogP contribution in [0.5, 0.6) is 0 Å². The van der Waals surface area contributed by atoms with E-state index >= 15 is 0 Å². The van der Waals surface area contributed by atoms with Gasteiger partial charge in [-0.25, -0.2) is 29.9 Å². The molecule has 216 valence electrons. The molecule has 10 nitrogen and oxygen atoms in total. The maximum absolute atomic E-state index is 9.71. The van der Waals surface area contributed by atoms with Crippen molar-refractivity contribution in [3.05, 3.63) is 72.8 Å². The molecule has 12 heteroatoms. The van der Waals surface area contributed by atoms with E-state index < -0.39 is 0 Å². The lowest BCUT2D eigenvalue weighted by Gasteiger charge is -2.02. The highest BCUT2D eigenvalue weighted by Gasteiger charge is 2.23. The number of fused-ring (bicyclic) bond motifs is 17. The number of nitrogens with one attached hydrogen (secondary N) is 2. The molecule has 8 bridgehead atoms. The Morgan fingerprint density at radius 2 is 0.795 bits per heavy atom. The molecule has 3 aromatic carbocycles. The molecule has 8 rings (SSSR count). The van der Waals surface area contributed by atoms with Crippen LogP contribution in [0, 0.1) is 0 Å². The summed E-state index contributed by atoms with van der Waals surface area (Å²) in [5.41, 5.74) is 5.89. The average molecular weight is 617 g/mol. The first kappa shape index (κ1) is 27.0. The van der Waals surface area contributed by atoms with Gasteiger partial charge in [-0.1, -0.05) is 72.8 Å². The number of thioether (sulfide) groups is 2. The molecule has 5 heterocycles. The van der Waals surface area contributed by atoms with Crippen LogP contribution in [0.2, 0.25) is 0 Å². The lowest BCUT2D eigenvalue weighted by atomic mass is 10.1. The van der Waals surface area contributed by atoms with Gasteiger partial charge in [-0.15, -0.1) is 23.5 Å². The summed E-state index contributed by atoms with van der Waals surface area (Å²) in [5, 5.41) is 21.3. The molecule has 0 spiro atoms. The van der Waals surface area contributed by atoms with Gasteiger partial charge in [-0.3, -0.25) is 0 Å². The summed E-state index contributed by atoms with van der Waals surface area (Å²) in [6, 6.07) is 23.8. The highest BCUT2D eigenvalue weighted by atomic mass is 32.2. The van der Waals surface area contributed by atoms with Crippen LogP contribution in [-0.4, -0.2) is 74.8 Å². The van der Waals surface area contributed by atoms with Crippen LogP contribution in [0.3, 0.4) is 0 Å². The predicted octanol–water partition coefficient (Wildman–Crippen LogP) is 5.88. The van der Waals surface area contributed by atoms with Gasteiger partial charge in [-0.2, -0.15) is 0 Å². The standard InChI is InChI=1S/C32H24N8O2S2/c41-13-15-43-23-24(44-16-14-42)32-39-30-22-12-6-4-10-20(22)28(37-30)35-26-18-8-2-1-7-17(18)25(33-26)34-27-19-9-3-5-11-21(19)29(36-27)38-31(23)40-32/h1-12,41-42H,13-16H2,(H2,33,34,35,36,37,38,39,40). The number of H-pyrrole nitrogens is 2. The topological polar surface area (TPSA) is 149 Å². The second-order valence-corrected chi connectivity index (χ2v) is 12.3. The third-order valence-electron chi connectivity index (χ3n) is 7.33. The highest BCUT2D eigenvalue weighted by molar-refractivity contribution is 8.02. The lowest BCUT2D eigenvalue weighted by Crippen LogP contribution is -1.90. The molecule has 0 unspecified atom stereocenters. The number of benzene rings is 3. The largest absolute Gasteiger partial charge is 0.396 e. The normalized spacial score (nSPS) is 12.0. The minimum Gasteiger partial charge on any atom is -0.396 e. The monoisotopic (exact) mass is 616 g/mol. The van der Waals surface area contributed by atoms with Crippen molar-refractivity contribution in [2.75, 3.05) is 24.7 Å². The Bertz CT molecular complexity index is 2090. The Kier molecular flexibility index (Phi) is 6.83. The molecule has 0 saturated carbocycles. The van der Waals surface area contributed by atoms with Gasteiger partial charge in [0.25, 0.3) is 0 Å². The Balaban J connectivity index is 1.54. The van der Waals surface area contributed by atoms with E-state index in [9.17, 15) is 10.2 Å². The molecule has 0 aliphatic carbocycles. The Morgan fingerprint density at radius 3 is 1.18 bits per heavy atom. The van der Waals surface area contributed by atoms with Crippen molar-refractivity contribution in [1.82, 2.24) is 39.9 Å². The van der Waals surface area contributed by atoms with Crippen molar-refractivity contribution < 1.29 is 10.2 Å². The number of hydrogen-bond acceptors (Lipinski definition) is 10. The number of aliphatic hydroxyl groups is 2. The van der Waals surface area contributed by atoms with Crippen molar-refractivity contribution in [3.8, 4) is 45.6 Å². The van der Waals surface area contributed by atoms with E-state index in [1.54, 1.807) is 0 Å². The molecule has 3 aromatic heterocycles. The highest BCUT2D eigenvalue weighted by Crippen LogP contribution is 2.40. The van der Waals surface area contributed by atoms with Gasteiger partial charge in [0, 0.05) is 44.5 Å². The fourth-order valence-electron chi connectivity index (χ4n) is 5.43. The van der Waals surface area contributed by atoms with E-state index in [-0.39, 0.29) is 13.2 Å². The van der Waals surface area contributed by atoms with Crippen LogP contribution in [0.1, 0.15) is 0 Å². The molecule has 0 fully saturated rings. The molecule has 0 radical (unpaired) electrons. The van der Waals surface area contributed by atoms with Crippen molar-refractivity contribution >= 4 is 56.9 Å². The number of rotatable bonds is 6. The first-order chi connectivity index (χ1) is 21.7. The zero-order valence-electron chi connectivity index (χ0n) is 23.2. The quantitative estimate of drug-likeness (QED) is 0.167. The molecule has 4 N–H and O–H groups in total. The molecule has 0 saturated heterocycles. The van der Waals surface area contributed by atoms with E-state index in [2.05, 4.69) is 9.97 Å². The number of aromatic nitrogens is 8. The molecule has 0 amide bonds. The Hall–Kier alpha value is -4.62.